The van der Waals surface area contributed by atoms with Crippen LogP contribution in [0.1, 0.15) is 23.1 Å². The van der Waals surface area contributed by atoms with Gasteiger partial charge in [-0.05, 0) is 23.8 Å². The van der Waals surface area contributed by atoms with Gasteiger partial charge in [-0.1, -0.05) is 24.5 Å². The molecule has 1 aromatic heterocycles. The van der Waals surface area contributed by atoms with Gasteiger partial charge in [-0.15, -0.1) is 0 Å². The lowest BCUT2D eigenvalue weighted by atomic mass is 10.0. The highest BCUT2D eigenvalue weighted by Gasteiger charge is 2.09. The van der Waals surface area contributed by atoms with Crippen LogP contribution in [-0.2, 0) is 5.75 Å². The number of fused-ring (bicyclic) bond motifs is 2. The van der Waals surface area contributed by atoms with Gasteiger partial charge in [0.25, 0.3) is 0 Å². The summed E-state index contributed by atoms with van der Waals surface area (Å²) in [5.41, 5.74) is 2.91. The molecule has 0 saturated heterocycles. The van der Waals surface area contributed by atoms with Crippen molar-refractivity contribution in [1.29, 1.82) is 0 Å². The van der Waals surface area contributed by atoms with Gasteiger partial charge >= 0.3 is 5.63 Å². The number of hydrogen-bond donors (Lipinski definition) is 0. The van der Waals surface area contributed by atoms with Crippen LogP contribution < -0.4 is 5.63 Å². The minimum atomic E-state index is -0.351. The largest absolute Gasteiger partial charge is 0.422 e. The lowest BCUT2D eigenvalue weighted by molar-refractivity contribution is 0.559. The van der Waals surface area contributed by atoms with E-state index in [1.165, 1.54) is 11.6 Å². The van der Waals surface area contributed by atoms with E-state index in [1.54, 1.807) is 0 Å². The minimum absolute atomic E-state index is 0.351. The third-order valence-corrected chi connectivity index (χ3v) is 4.06. The van der Waals surface area contributed by atoms with Crippen LogP contribution in [0.4, 0.5) is 0 Å². The highest BCUT2D eigenvalue weighted by molar-refractivity contribution is 7.98. The van der Waals surface area contributed by atoms with Crippen molar-refractivity contribution in [3.63, 3.8) is 0 Å². The van der Waals surface area contributed by atoms with Crippen molar-refractivity contribution >= 4 is 28.8 Å². The molecule has 2 aromatic rings. The van der Waals surface area contributed by atoms with E-state index < -0.39 is 0 Å². The second-order valence-corrected chi connectivity index (χ2v) is 5.45. The molecule has 3 heteroatoms. The SMILES string of the molecule is C=Cc1cc2cc3c(cc2oc1=O)C#CCCSC3. The third-order valence-electron chi connectivity index (χ3n) is 3.06. The van der Waals surface area contributed by atoms with Crippen LogP contribution in [0.3, 0.4) is 0 Å². The standard InChI is InChI=1S/C16H12O2S/c1-2-11-7-13-8-14-10-19-6-4-3-5-12(14)9-15(13)18-16(11)17/h2,7-9H,1,4,6,10H2. The average Bonchev–Trinajstić information content (AvgIpc) is 2.38. The van der Waals surface area contributed by atoms with E-state index in [9.17, 15) is 4.79 Å². The van der Waals surface area contributed by atoms with Crippen molar-refractivity contribution in [2.24, 2.45) is 0 Å². The summed E-state index contributed by atoms with van der Waals surface area (Å²) in [6.07, 6.45) is 2.43. The Morgan fingerprint density at radius 2 is 2.26 bits per heavy atom. The van der Waals surface area contributed by atoms with Gasteiger partial charge < -0.3 is 4.42 Å². The van der Waals surface area contributed by atoms with Gasteiger partial charge in [0.05, 0.1) is 5.56 Å². The van der Waals surface area contributed by atoms with Crippen LogP contribution in [0.15, 0.2) is 34.0 Å². The van der Waals surface area contributed by atoms with E-state index in [-0.39, 0.29) is 5.63 Å². The predicted octanol–water partition coefficient (Wildman–Crippen LogP) is 3.42. The Balaban J connectivity index is 2.28. The molecule has 0 atom stereocenters. The van der Waals surface area contributed by atoms with E-state index in [1.807, 2.05) is 23.9 Å². The summed E-state index contributed by atoms with van der Waals surface area (Å²) in [5, 5.41) is 0.927. The molecule has 94 valence electrons. The smallest absolute Gasteiger partial charge is 0.343 e. The topological polar surface area (TPSA) is 30.2 Å². The van der Waals surface area contributed by atoms with Gasteiger partial charge in [0, 0.05) is 28.9 Å². The lowest BCUT2D eigenvalue weighted by Gasteiger charge is -2.08. The van der Waals surface area contributed by atoms with E-state index in [4.69, 9.17) is 4.42 Å². The van der Waals surface area contributed by atoms with Crippen molar-refractivity contribution in [3.05, 3.63) is 51.9 Å². The van der Waals surface area contributed by atoms with Gasteiger partial charge in [0.15, 0.2) is 0 Å². The first kappa shape index (κ1) is 12.1. The van der Waals surface area contributed by atoms with Crippen molar-refractivity contribution in [2.75, 3.05) is 5.75 Å². The lowest BCUT2D eigenvalue weighted by Crippen LogP contribution is -2.03. The fraction of sp³-hybridized carbons (Fsp3) is 0.188. The second kappa shape index (κ2) is 4.99. The Hall–Kier alpha value is -1.92. The molecule has 0 fully saturated rings. The number of thioether (sulfide) groups is 1. The Morgan fingerprint density at radius 3 is 3.11 bits per heavy atom. The molecular weight excluding hydrogens is 256 g/mol. The van der Waals surface area contributed by atoms with E-state index >= 15 is 0 Å². The Bertz CT molecular complexity index is 775. The molecule has 19 heavy (non-hydrogen) atoms. The molecule has 0 unspecified atom stereocenters. The van der Waals surface area contributed by atoms with E-state index in [0.717, 1.165) is 28.9 Å². The molecule has 0 N–H and O–H groups in total. The van der Waals surface area contributed by atoms with Gasteiger partial charge in [0.2, 0.25) is 0 Å². The predicted molar refractivity (Wildman–Crippen MR) is 80.2 cm³/mol. The summed E-state index contributed by atoms with van der Waals surface area (Å²) in [6.45, 7) is 3.63. The molecule has 1 aliphatic rings. The first-order valence-corrected chi connectivity index (χ1v) is 7.23. The van der Waals surface area contributed by atoms with Crippen LogP contribution >= 0.6 is 11.8 Å². The first-order chi connectivity index (χ1) is 9.28. The van der Waals surface area contributed by atoms with Crippen LogP contribution in [0, 0.1) is 11.8 Å². The molecule has 3 rings (SSSR count). The molecule has 0 amide bonds. The molecule has 2 nitrogen and oxygen atoms in total. The average molecular weight is 268 g/mol. The maximum atomic E-state index is 11.7. The molecule has 0 aliphatic carbocycles. The van der Waals surface area contributed by atoms with Crippen LogP contribution in [0.5, 0.6) is 0 Å². The third kappa shape index (κ3) is 2.32. The van der Waals surface area contributed by atoms with Crippen LogP contribution in [0.25, 0.3) is 17.0 Å². The Labute approximate surface area is 115 Å². The molecule has 2 heterocycles. The van der Waals surface area contributed by atoms with Gasteiger partial charge in [-0.2, -0.15) is 11.8 Å². The van der Waals surface area contributed by atoms with Crippen molar-refractivity contribution < 1.29 is 4.42 Å². The fourth-order valence-electron chi connectivity index (χ4n) is 2.07. The van der Waals surface area contributed by atoms with Gasteiger partial charge in [-0.25, -0.2) is 4.79 Å². The summed E-state index contributed by atoms with van der Waals surface area (Å²) >= 11 is 1.88. The molecule has 0 radical (unpaired) electrons. The maximum absolute atomic E-state index is 11.7. The number of hydrogen-bond acceptors (Lipinski definition) is 3. The summed E-state index contributed by atoms with van der Waals surface area (Å²) < 4.78 is 5.32. The molecule has 0 spiro atoms. The van der Waals surface area contributed by atoms with Crippen molar-refractivity contribution in [3.8, 4) is 11.8 Å². The zero-order valence-corrected chi connectivity index (χ0v) is 11.2. The number of benzene rings is 1. The van der Waals surface area contributed by atoms with E-state index in [2.05, 4.69) is 24.5 Å². The molecule has 0 saturated carbocycles. The normalized spacial score (nSPS) is 13.9. The zero-order valence-electron chi connectivity index (χ0n) is 10.4. The molecule has 0 bridgehead atoms. The molecule has 1 aliphatic heterocycles. The summed E-state index contributed by atoms with van der Waals surface area (Å²) in [6, 6.07) is 5.76. The Morgan fingerprint density at radius 1 is 1.37 bits per heavy atom. The van der Waals surface area contributed by atoms with Crippen molar-refractivity contribution in [2.45, 2.75) is 12.2 Å². The highest BCUT2D eigenvalue weighted by Crippen LogP contribution is 2.24. The van der Waals surface area contributed by atoms with E-state index in [0.29, 0.717) is 11.1 Å². The second-order valence-electron chi connectivity index (χ2n) is 4.34. The molecular formula is C16H12O2S. The van der Waals surface area contributed by atoms with Crippen LogP contribution in [0.2, 0.25) is 0 Å². The summed E-state index contributed by atoms with van der Waals surface area (Å²) in [7, 11) is 0. The fourth-order valence-corrected chi connectivity index (χ4v) is 2.92. The zero-order chi connectivity index (χ0) is 13.2. The summed E-state index contributed by atoms with van der Waals surface area (Å²) in [5.74, 6) is 8.31. The van der Waals surface area contributed by atoms with Crippen LogP contribution in [-0.4, -0.2) is 5.75 Å². The highest BCUT2D eigenvalue weighted by atomic mass is 32.2. The monoisotopic (exact) mass is 268 g/mol. The first-order valence-electron chi connectivity index (χ1n) is 6.08. The summed E-state index contributed by atoms with van der Waals surface area (Å²) in [4.78, 5) is 11.7. The Kier molecular flexibility index (Phi) is 3.18. The van der Waals surface area contributed by atoms with Gasteiger partial charge in [-0.3, -0.25) is 0 Å². The molecule has 1 aromatic carbocycles. The van der Waals surface area contributed by atoms with Crippen molar-refractivity contribution in [1.82, 2.24) is 0 Å². The minimum Gasteiger partial charge on any atom is -0.422 e. The maximum Gasteiger partial charge on any atom is 0.343 e. The quantitative estimate of drug-likeness (QED) is 0.586. The van der Waals surface area contributed by atoms with Gasteiger partial charge in [0.1, 0.15) is 5.58 Å². The number of rotatable bonds is 1.